The topological polar surface area (TPSA) is 13.1 Å². The Balaban J connectivity index is 1.81. The molecule has 0 bridgehead atoms. The van der Waals surface area contributed by atoms with Crippen LogP contribution in [-0.4, -0.2) is 0 Å². The van der Waals surface area contributed by atoms with Crippen LogP contribution in [0.1, 0.15) is 0 Å². The van der Waals surface area contributed by atoms with Gasteiger partial charge in [0, 0.05) is 27.6 Å². The van der Waals surface area contributed by atoms with Gasteiger partial charge in [0.25, 0.3) is 5.52 Å². The third-order valence-corrected chi connectivity index (χ3v) is 4.58. The van der Waals surface area contributed by atoms with E-state index in [2.05, 4.69) is 72.8 Å². The van der Waals surface area contributed by atoms with Gasteiger partial charge in [0.1, 0.15) is 0 Å². The van der Waals surface area contributed by atoms with E-state index in [1.54, 1.807) is 0 Å². The number of hydrogen-bond acceptors (Lipinski definition) is 1. The molecule has 0 atom stereocenters. The summed E-state index contributed by atoms with van der Waals surface area (Å²) in [6, 6.07) is 31.3. The van der Waals surface area contributed by atoms with Gasteiger partial charge in [0.05, 0.1) is 5.39 Å². The standard InChI is InChI=1S/C23H16NO/c1-4-12-20-18(9-1)16-19-10-2-5-13-21(19)23(20)25-24-15-7-11-17-8-3-6-14-22(17)24/h1-16H/q+1. The van der Waals surface area contributed by atoms with Gasteiger partial charge in [-0.05, 0) is 29.0 Å². The largest absolute Gasteiger partial charge is 0.265 e. The van der Waals surface area contributed by atoms with Crippen molar-refractivity contribution in [1.82, 2.24) is 0 Å². The summed E-state index contributed by atoms with van der Waals surface area (Å²) in [5, 5.41) is 5.73. The number of fused-ring (bicyclic) bond motifs is 3. The minimum atomic E-state index is 0.884. The predicted octanol–water partition coefficient (Wildman–Crippen LogP) is 5.28. The summed E-state index contributed by atoms with van der Waals surface area (Å²) >= 11 is 0. The van der Waals surface area contributed by atoms with Gasteiger partial charge in [-0.1, -0.05) is 60.7 Å². The lowest BCUT2D eigenvalue weighted by Crippen LogP contribution is -2.40. The van der Waals surface area contributed by atoms with Crippen LogP contribution in [0.25, 0.3) is 32.4 Å². The summed E-state index contributed by atoms with van der Waals surface area (Å²) < 4.78 is 1.85. The highest BCUT2D eigenvalue weighted by molar-refractivity contribution is 6.05. The Labute approximate surface area is 145 Å². The molecule has 0 aliphatic heterocycles. The predicted molar refractivity (Wildman–Crippen MR) is 102 cm³/mol. The molecule has 0 unspecified atom stereocenters. The van der Waals surface area contributed by atoms with Crippen LogP contribution in [0.5, 0.6) is 5.75 Å². The van der Waals surface area contributed by atoms with E-state index in [9.17, 15) is 0 Å². The van der Waals surface area contributed by atoms with E-state index >= 15 is 0 Å². The highest BCUT2D eigenvalue weighted by Crippen LogP contribution is 2.34. The van der Waals surface area contributed by atoms with Gasteiger partial charge in [-0.15, -0.1) is 0 Å². The molecular formula is C23H16NO+. The summed E-state index contributed by atoms with van der Waals surface area (Å²) in [6.07, 6.45) is 1.96. The van der Waals surface area contributed by atoms with Crippen molar-refractivity contribution >= 4 is 32.4 Å². The molecule has 1 aromatic heterocycles. The Bertz CT molecular complexity index is 1170. The van der Waals surface area contributed by atoms with Gasteiger partial charge in [-0.3, -0.25) is 0 Å². The normalized spacial score (nSPS) is 11.2. The smallest absolute Gasteiger partial charge is 0.230 e. The molecule has 5 aromatic rings. The van der Waals surface area contributed by atoms with Crippen molar-refractivity contribution in [3.8, 4) is 5.75 Å². The lowest BCUT2D eigenvalue weighted by molar-refractivity contribution is -0.853. The van der Waals surface area contributed by atoms with Crippen LogP contribution in [0, 0.1) is 0 Å². The van der Waals surface area contributed by atoms with Crippen LogP contribution in [-0.2, 0) is 0 Å². The quantitative estimate of drug-likeness (QED) is 0.318. The zero-order valence-electron chi connectivity index (χ0n) is 13.6. The third-order valence-electron chi connectivity index (χ3n) is 4.58. The van der Waals surface area contributed by atoms with E-state index in [4.69, 9.17) is 4.84 Å². The number of nitrogens with zero attached hydrogens (tertiary/aromatic N) is 1. The van der Waals surface area contributed by atoms with Crippen molar-refractivity contribution in [2.45, 2.75) is 0 Å². The highest BCUT2D eigenvalue weighted by atomic mass is 16.7. The summed E-state index contributed by atoms with van der Waals surface area (Å²) in [5.74, 6) is 0.884. The molecular weight excluding hydrogens is 306 g/mol. The molecule has 1 heterocycles. The number of benzene rings is 4. The van der Waals surface area contributed by atoms with Crippen molar-refractivity contribution in [2.24, 2.45) is 0 Å². The minimum absolute atomic E-state index is 0.884. The minimum Gasteiger partial charge on any atom is -0.230 e. The molecule has 118 valence electrons. The van der Waals surface area contributed by atoms with Crippen molar-refractivity contribution in [3.63, 3.8) is 0 Å². The molecule has 0 fully saturated rings. The molecule has 0 saturated carbocycles. The summed E-state index contributed by atoms with van der Waals surface area (Å²) in [4.78, 5) is 6.43. The fourth-order valence-electron chi connectivity index (χ4n) is 3.38. The van der Waals surface area contributed by atoms with E-state index in [0.717, 1.165) is 27.4 Å². The van der Waals surface area contributed by atoms with E-state index in [0.29, 0.717) is 0 Å². The van der Waals surface area contributed by atoms with E-state index < -0.39 is 0 Å². The molecule has 0 spiro atoms. The van der Waals surface area contributed by atoms with Crippen LogP contribution in [0.2, 0.25) is 0 Å². The van der Waals surface area contributed by atoms with Crippen LogP contribution in [0.15, 0.2) is 97.2 Å². The number of hydrogen-bond donors (Lipinski definition) is 0. The highest BCUT2D eigenvalue weighted by Gasteiger charge is 2.16. The molecule has 4 aromatic carbocycles. The van der Waals surface area contributed by atoms with Crippen molar-refractivity contribution < 1.29 is 9.57 Å². The van der Waals surface area contributed by atoms with Gasteiger partial charge in [0.2, 0.25) is 11.9 Å². The molecule has 0 amide bonds. The molecule has 0 radical (unpaired) electrons. The van der Waals surface area contributed by atoms with Crippen molar-refractivity contribution in [3.05, 3.63) is 97.2 Å². The maximum atomic E-state index is 6.43. The Kier molecular flexibility index (Phi) is 3.14. The van der Waals surface area contributed by atoms with E-state index in [-0.39, 0.29) is 0 Å². The summed E-state index contributed by atoms with van der Waals surface area (Å²) in [6.45, 7) is 0. The molecule has 5 rings (SSSR count). The molecule has 0 aliphatic rings. The van der Waals surface area contributed by atoms with Crippen LogP contribution in [0.4, 0.5) is 0 Å². The van der Waals surface area contributed by atoms with E-state index in [1.165, 1.54) is 10.8 Å². The van der Waals surface area contributed by atoms with Crippen molar-refractivity contribution in [2.75, 3.05) is 0 Å². The summed E-state index contributed by atoms with van der Waals surface area (Å²) in [7, 11) is 0. The number of pyridine rings is 1. The fraction of sp³-hybridized carbons (Fsp3) is 0. The van der Waals surface area contributed by atoms with Gasteiger partial charge >= 0.3 is 0 Å². The second kappa shape index (κ2) is 5.60. The molecule has 0 saturated heterocycles. The molecule has 0 aliphatic carbocycles. The maximum Gasteiger partial charge on any atom is 0.265 e. The number of aromatic nitrogens is 1. The first kappa shape index (κ1) is 14.0. The molecule has 25 heavy (non-hydrogen) atoms. The van der Waals surface area contributed by atoms with Crippen LogP contribution < -0.4 is 9.57 Å². The molecule has 0 N–H and O–H groups in total. The lowest BCUT2D eigenvalue weighted by Gasteiger charge is -2.09. The van der Waals surface area contributed by atoms with Crippen LogP contribution in [0.3, 0.4) is 0 Å². The molecule has 2 nitrogen and oxygen atoms in total. The third kappa shape index (κ3) is 2.31. The summed E-state index contributed by atoms with van der Waals surface area (Å²) in [5.41, 5.74) is 1.04. The van der Waals surface area contributed by atoms with Crippen molar-refractivity contribution in [1.29, 1.82) is 0 Å². The Morgan fingerprint density at radius 2 is 1.12 bits per heavy atom. The van der Waals surface area contributed by atoms with Crippen LogP contribution >= 0.6 is 0 Å². The zero-order chi connectivity index (χ0) is 16.6. The van der Waals surface area contributed by atoms with Gasteiger partial charge in [-0.25, -0.2) is 4.84 Å². The molecule has 2 heteroatoms. The SMILES string of the molecule is c1ccc2c(O[n+]3cccc4ccccc43)c3ccccc3cc2c1. The lowest BCUT2D eigenvalue weighted by atomic mass is 10.0. The van der Waals surface area contributed by atoms with Gasteiger partial charge in [-0.2, -0.15) is 0 Å². The number of rotatable bonds is 2. The fourth-order valence-corrected chi connectivity index (χ4v) is 3.38. The Morgan fingerprint density at radius 3 is 1.84 bits per heavy atom. The van der Waals surface area contributed by atoms with E-state index in [1.807, 2.05) is 29.1 Å². The Morgan fingerprint density at radius 1 is 0.560 bits per heavy atom. The first-order chi connectivity index (χ1) is 12.4. The van der Waals surface area contributed by atoms with Gasteiger partial charge in [0.15, 0.2) is 0 Å². The maximum absolute atomic E-state index is 6.43. The average molecular weight is 322 g/mol. The first-order valence-electron chi connectivity index (χ1n) is 8.38. The average Bonchev–Trinajstić information content (AvgIpc) is 2.68. The Hall–Kier alpha value is -3.39. The number of para-hydroxylation sites is 1. The monoisotopic (exact) mass is 322 g/mol. The second-order valence-electron chi connectivity index (χ2n) is 6.13. The zero-order valence-corrected chi connectivity index (χ0v) is 13.6. The first-order valence-corrected chi connectivity index (χ1v) is 8.38. The van der Waals surface area contributed by atoms with Gasteiger partial charge < -0.3 is 0 Å². The second-order valence-corrected chi connectivity index (χ2v) is 6.13.